The summed E-state index contributed by atoms with van der Waals surface area (Å²) in [5.41, 5.74) is 7.72. The molecule has 1 aromatic heterocycles. The minimum absolute atomic E-state index is 0. The maximum Gasteiger partial charge on any atom is 0.287 e. The summed E-state index contributed by atoms with van der Waals surface area (Å²) in [7, 11) is 0. The Kier molecular flexibility index (Phi) is 5.64. The molecule has 0 aromatic carbocycles. The second-order valence-electron chi connectivity index (χ2n) is 3.56. The largest absolute Gasteiger partial charge is 0.327 e. The Morgan fingerprint density at radius 3 is 2.81 bits per heavy atom. The van der Waals surface area contributed by atoms with Gasteiger partial charge in [-0.1, -0.05) is 0 Å². The van der Waals surface area contributed by atoms with Crippen molar-refractivity contribution >= 4 is 30.5 Å². The summed E-state index contributed by atoms with van der Waals surface area (Å²) in [6.45, 7) is 0. The summed E-state index contributed by atoms with van der Waals surface area (Å²) < 4.78 is 0. The lowest BCUT2D eigenvalue weighted by molar-refractivity contribution is -0.385. The first kappa shape index (κ1) is 15.1. The van der Waals surface area contributed by atoms with Crippen LogP contribution < -0.4 is 5.73 Å². The molecule has 1 aromatic rings. The van der Waals surface area contributed by atoms with E-state index in [-0.39, 0.29) is 36.5 Å². The molecule has 0 saturated heterocycles. The normalized spacial score (nSPS) is 17.7. The van der Waals surface area contributed by atoms with Crippen LogP contribution in [0.1, 0.15) is 17.7 Å². The van der Waals surface area contributed by atoms with Crippen LogP contribution in [0.3, 0.4) is 0 Å². The fourth-order valence-electron chi connectivity index (χ4n) is 1.73. The molecule has 1 aliphatic rings. The topological polar surface area (TPSA) is 82.0 Å². The average Bonchev–Trinajstić information content (AvgIpc) is 2.16. The number of halogens is 2. The van der Waals surface area contributed by atoms with Gasteiger partial charge in [0.25, 0.3) is 5.69 Å². The molecule has 0 amide bonds. The van der Waals surface area contributed by atoms with Gasteiger partial charge in [0.1, 0.15) is 6.20 Å². The maximum absolute atomic E-state index is 10.5. The van der Waals surface area contributed by atoms with Crippen molar-refractivity contribution < 1.29 is 4.92 Å². The highest BCUT2D eigenvalue weighted by molar-refractivity contribution is 5.85. The Bertz CT molecular complexity index is 387. The van der Waals surface area contributed by atoms with Crippen LogP contribution in [0.5, 0.6) is 0 Å². The predicted octanol–water partition coefficient (Wildman–Crippen LogP) is 1.65. The first-order valence-corrected chi connectivity index (χ1v) is 4.54. The Morgan fingerprint density at radius 2 is 2.19 bits per heavy atom. The van der Waals surface area contributed by atoms with Crippen molar-refractivity contribution in [2.24, 2.45) is 5.73 Å². The van der Waals surface area contributed by atoms with Crippen molar-refractivity contribution in [3.05, 3.63) is 33.6 Å². The number of rotatable bonds is 1. The number of nitrogens with zero attached hydrogens (tertiary/aromatic N) is 2. The molecule has 2 rings (SSSR count). The lowest BCUT2D eigenvalue weighted by Gasteiger charge is -2.19. The second kappa shape index (κ2) is 5.98. The van der Waals surface area contributed by atoms with Crippen LogP contribution in [0, 0.1) is 10.1 Å². The van der Waals surface area contributed by atoms with E-state index in [1.165, 1.54) is 6.20 Å². The van der Waals surface area contributed by atoms with Gasteiger partial charge < -0.3 is 5.73 Å². The molecule has 1 heterocycles. The van der Waals surface area contributed by atoms with E-state index in [2.05, 4.69) is 4.98 Å². The standard InChI is InChI=1S/C9H11N3O2.2ClH/c10-7-1-2-9-6(3-7)4-8(5-11-9)12(13)14;;/h4-5,7H,1-3,10H2;2*1H. The van der Waals surface area contributed by atoms with Crippen LogP contribution in [-0.2, 0) is 12.8 Å². The minimum Gasteiger partial charge on any atom is -0.327 e. The van der Waals surface area contributed by atoms with Gasteiger partial charge in [-0.25, -0.2) is 0 Å². The van der Waals surface area contributed by atoms with Gasteiger partial charge in [-0.05, 0) is 24.8 Å². The van der Waals surface area contributed by atoms with Gasteiger partial charge >= 0.3 is 0 Å². The predicted molar refractivity (Wildman–Crippen MR) is 65.4 cm³/mol. The van der Waals surface area contributed by atoms with Gasteiger partial charge in [-0.15, -0.1) is 24.8 Å². The number of aryl methyl sites for hydroxylation is 1. The van der Waals surface area contributed by atoms with Crippen LogP contribution in [0.2, 0.25) is 0 Å². The van der Waals surface area contributed by atoms with E-state index in [1.807, 2.05) is 0 Å². The maximum atomic E-state index is 10.5. The van der Waals surface area contributed by atoms with E-state index in [1.54, 1.807) is 6.07 Å². The molecule has 1 unspecified atom stereocenters. The second-order valence-corrected chi connectivity index (χ2v) is 3.56. The summed E-state index contributed by atoms with van der Waals surface area (Å²) in [6, 6.07) is 1.70. The molecule has 0 radical (unpaired) electrons. The summed E-state index contributed by atoms with van der Waals surface area (Å²) in [6.07, 6.45) is 3.76. The highest BCUT2D eigenvalue weighted by Crippen LogP contribution is 2.22. The lowest BCUT2D eigenvalue weighted by Crippen LogP contribution is -2.28. The van der Waals surface area contributed by atoms with Crippen LogP contribution in [0.25, 0.3) is 0 Å². The fourth-order valence-corrected chi connectivity index (χ4v) is 1.73. The first-order valence-electron chi connectivity index (χ1n) is 4.54. The Balaban J connectivity index is 0.00000112. The van der Waals surface area contributed by atoms with Crippen molar-refractivity contribution in [3.8, 4) is 0 Å². The molecule has 0 saturated carbocycles. The molecule has 0 spiro atoms. The van der Waals surface area contributed by atoms with E-state index in [0.717, 1.165) is 24.1 Å². The van der Waals surface area contributed by atoms with Crippen LogP contribution in [0.15, 0.2) is 12.3 Å². The molecule has 0 bridgehead atoms. The van der Waals surface area contributed by atoms with E-state index >= 15 is 0 Å². The SMILES string of the molecule is Cl.Cl.NC1CCc2ncc([N+](=O)[O-])cc2C1. The number of hydrogen-bond donors (Lipinski definition) is 1. The lowest BCUT2D eigenvalue weighted by atomic mass is 9.92. The summed E-state index contributed by atoms with van der Waals surface area (Å²) in [4.78, 5) is 14.2. The van der Waals surface area contributed by atoms with Crippen molar-refractivity contribution in [1.29, 1.82) is 0 Å². The Labute approximate surface area is 105 Å². The van der Waals surface area contributed by atoms with Gasteiger partial charge in [-0.3, -0.25) is 15.1 Å². The molecule has 1 atom stereocenters. The number of fused-ring (bicyclic) bond motifs is 1. The van der Waals surface area contributed by atoms with Crippen LogP contribution in [0.4, 0.5) is 5.69 Å². The third-order valence-electron chi connectivity index (χ3n) is 2.49. The van der Waals surface area contributed by atoms with E-state index in [9.17, 15) is 10.1 Å². The summed E-state index contributed by atoms with van der Waals surface area (Å²) >= 11 is 0. The fraction of sp³-hybridized carbons (Fsp3) is 0.444. The Morgan fingerprint density at radius 1 is 1.50 bits per heavy atom. The van der Waals surface area contributed by atoms with Gasteiger partial charge in [0.05, 0.1) is 4.92 Å². The van der Waals surface area contributed by atoms with E-state index in [4.69, 9.17) is 5.73 Å². The number of nitro groups is 1. The molecule has 16 heavy (non-hydrogen) atoms. The van der Waals surface area contributed by atoms with Gasteiger partial charge in [0, 0.05) is 17.8 Å². The molecule has 0 fully saturated rings. The molecular weight excluding hydrogens is 253 g/mol. The third-order valence-corrected chi connectivity index (χ3v) is 2.49. The number of pyridine rings is 1. The molecule has 0 aliphatic heterocycles. The molecule has 90 valence electrons. The van der Waals surface area contributed by atoms with E-state index < -0.39 is 4.92 Å². The highest BCUT2D eigenvalue weighted by atomic mass is 35.5. The van der Waals surface area contributed by atoms with Crippen LogP contribution >= 0.6 is 24.8 Å². The number of nitrogens with two attached hydrogens (primary N) is 1. The zero-order valence-corrected chi connectivity index (χ0v) is 10.1. The highest BCUT2D eigenvalue weighted by Gasteiger charge is 2.19. The van der Waals surface area contributed by atoms with Gasteiger partial charge in [0.2, 0.25) is 0 Å². The molecular formula is C9H13Cl2N3O2. The Hall–Kier alpha value is -0.910. The molecule has 7 heteroatoms. The summed E-state index contributed by atoms with van der Waals surface area (Å²) in [5, 5.41) is 10.5. The van der Waals surface area contributed by atoms with Crippen molar-refractivity contribution in [2.45, 2.75) is 25.3 Å². The molecule has 2 N–H and O–H groups in total. The molecule has 1 aliphatic carbocycles. The average molecular weight is 266 g/mol. The van der Waals surface area contributed by atoms with Crippen LogP contribution in [-0.4, -0.2) is 15.9 Å². The van der Waals surface area contributed by atoms with Gasteiger partial charge in [0.15, 0.2) is 0 Å². The van der Waals surface area contributed by atoms with Crippen molar-refractivity contribution in [3.63, 3.8) is 0 Å². The quantitative estimate of drug-likeness (QED) is 0.618. The number of hydrogen-bond acceptors (Lipinski definition) is 4. The number of aromatic nitrogens is 1. The smallest absolute Gasteiger partial charge is 0.287 e. The summed E-state index contributed by atoms with van der Waals surface area (Å²) in [5.74, 6) is 0. The molecule has 5 nitrogen and oxygen atoms in total. The zero-order valence-electron chi connectivity index (χ0n) is 8.46. The van der Waals surface area contributed by atoms with Crippen molar-refractivity contribution in [2.75, 3.05) is 0 Å². The van der Waals surface area contributed by atoms with E-state index in [0.29, 0.717) is 6.42 Å². The third kappa shape index (κ3) is 3.04. The minimum atomic E-state index is -0.423. The van der Waals surface area contributed by atoms with Gasteiger partial charge in [-0.2, -0.15) is 0 Å². The first-order chi connectivity index (χ1) is 6.66. The monoisotopic (exact) mass is 265 g/mol. The zero-order chi connectivity index (χ0) is 10.1. The van der Waals surface area contributed by atoms with Crippen molar-refractivity contribution in [1.82, 2.24) is 4.98 Å².